The van der Waals surface area contributed by atoms with Crippen molar-refractivity contribution in [1.82, 2.24) is 15.0 Å². The Bertz CT molecular complexity index is 1390. The summed E-state index contributed by atoms with van der Waals surface area (Å²) in [6.07, 6.45) is 2.73. The minimum Gasteiger partial charge on any atom is -0.437 e. The smallest absolute Gasteiger partial charge is 0.260 e. The molecule has 1 atom stereocenters. The number of nitrogens with two attached hydrogens (primary N) is 1. The maximum Gasteiger partial charge on any atom is 0.260 e. The molecular formula is C24H19F2N5O2. The molecule has 7 nitrogen and oxygen atoms in total. The fourth-order valence-corrected chi connectivity index (χ4v) is 3.69. The molecule has 1 aliphatic rings. The van der Waals surface area contributed by atoms with Crippen molar-refractivity contribution in [2.24, 2.45) is 5.92 Å². The Labute approximate surface area is 187 Å². The third-order valence-electron chi connectivity index (χ3n) is 5.53. The molecule has 2 aromatic heterocycles. The largest absolute Gasteiger partial charge is 0.437 e. The highest BCUT2D eigenvalue weighted by Gasteiger charge is 2.61. The van der Waals surface area contributed by atoms with Crippen LogP contribution in [0.3, 0.4) is 0 Å². The van der Waals surface area contributed by atoms with E-state index in [0.29, 0.717) is 39.3 Å². The standard InChI is InChI=1S/C24H19F2N5O2/c1-13-7-8-14-15(4-2-6-18(14)30-21(32)17-12-24(17,25)26)20(13)33-22-16(5-3-10-28-22)19-9-11-29-23(27)31-19/h2-11,17H,12H2,1H3,(H,30,32)(H2,27,29,31)/t17-/m0/s1. The van der Waals surface area contributed by atoms with Crippen LogP contribution in [-0.4, -0.2) is 26.8 Å². The number of benzene rings is 2. The van der Waals surface area contributed by atoms with E-state index in [1.165, 1.54) is 0 Å². The number of rotatable bonds is 5. The number of anilines is 2. The van der Waals surface area contributed by atoms with Crippen LogP contribution in [0.25, 0.3) is 22.0 Å². The molecule has 0 aliphatic heterocycles. The number of hydrogen-bond acceptors (Lipinski definition) is 6. The van der Waals surface area contributed by atoms with Crippen LogP contribution in [0.5, 0.6) is 11.6 Å². The Morgan fingerprint density at radius 3 is 2.67 bits per heavy atom. The van der Waals surface area contributed by atoms with E-state index in [0.717, 1.165) is 5.56 Å². The monoisotopic (exact) mass is 447 g/mol. The Balaban J connectivity index is 1.54. The van der Waals surface area contributed by atoms with Crippen molar-refractivity contribution in [2.75, 3.05) is 11.1 Å². The average molecular weight is 447 g/mol. The van der Waals surface area contributed by atoms with Gasteiger partial charge in [-0.3, -0.25) is 4.79 Å². The van der Waals surface area contributed by atoms with Gasteiger partial charge in [-0.25, -0.2) is 23.7 Å². The fourth-order valence-electron chi connectivity index (χ4n) is 3.69. The summed E-state index contributed by atoms with van der Waals surface area (Å²) < 4.78 is 32.9. The normalized spacial score (nSPS) is 16.4. The van der Waals surface area contributed by atoms with Crippen molar-refractivity contribution in [3.05, 3.63) is 66.5 Å². The lowest BCUT2D eigenvalue weighted by molar-refractivity contribution is -0.119. The van der Waals surface area contributed by atoms with Crippen LogP contribution in [0.15, 0.2) is 60.9 Å². The second-order valence-electron chi connectivity index (χ2n) is 7.88. The van der Waals surface area contributed by atoms with Gasteiger partial charge in [0.2, 0.25) is 17.7 Å². The summed E-state index contributed by atoms with van der Waals surface area (Å²) in [5, 5.41) is 4.00. The number of aromatic nitrogens is 3. The van der Waals surface area contributed by atoms with Gasteiger partial charge in [0.1, 0.15) is 11.7 Å². The number of nitrogen functional groups attached to an aromatic ring is 1. The van der Waals surface area contributed by atoms with Gasteiger partial charge in [-0.05, 0) is 36.8 Å². The Morgan fingerprint density at radius 1 is 1.09 bits per heavy atom. The van der Waals surface area contributed by atoms with Crippen molar-refractivity contribution in [3.8, 4) is 22.9 Å². The molecule has 1 aliphatic carbocycles. The minimum atomic E-state index is -2.93. The summed E-state index contributed by atoms with van der Waals surface area (Å²) in [5.41, 5.74) is 8.19. The zero-order valence-corrected chi connectivity index (χ0v) is 17.5. The van der Waals surface area contributed by atoms with E-state index in [1.54, 1.807) is 36.7 Å². The van der Waals surface area contributed by atoms with Crippen molar-refractivity contribution in [3.63, 3.8) is 0 Å². The van der Waals surface area contributed by atoms with Crippen molar-refractivity contribution in [2.45, 2.75) is 19.3 Å². The molecule has 3 N–H and O–H groups in total. The number of carbonyl (C=O) groups is 1. The summed E-state index contributed by atoms with van der Waals surface area (Å²) in [6.45, 7) is 1.88. The fraction of sp³-hybridized carbons (Fsp3) is 0.167. The lowest BCUT2D eigenvalue weighted by Gasteiger charge is -2.16. The van der Waals surface area contributed by atoms with Gasteiger partial charge in [0.25, 0.3) is 5.92 Å². The van der Waals surface area contributed by atoms with Gasteiger partial charge in [0, 0.05) is 35.3 Å². The quantitative estimate of drug-likeness (QED) is 0.448. The predicted molar refractivity (Wildman–Crippen MR) is 120 cm³/mol. The first-order valence-corrected chi connectivity index (χ1v) is 10.3. The molecule has 1 saturated carbocycles. The van der Waals surface area contributed by atoms with Gasteiger partial charge in [-0.2, -0.15) is 0 Å². The molecular weight excluding hydrogens is 428 g/mol. The Hall–Kier alpha value is -4.14. The van der Waals surface area contributed by atoms with E-state index < -0.39 is 24.2 Å². The van der Waals surface area contributed by atoms with Gasteiger partial charge in [-0.15, -0.1) is 0 Å². The van der Waals surface area contributed by atoms with E-state index in [2.05, 4.69) is 20.3 Å². The number of hydrogen-bond donors (Lipinski definition) is 2. The summed E-state index contributed by atoms with van der Waals surface area (Å²) >= 11 is 0. The SMILES string of the molecule is Cc1ccc2c(NC(=O)[C@@H]3CC3(F)F)cccc2c1Oc1ncccc1-c1ccnc(N)n1. The topological polar surface area (TPSA) is 103 Å². The maximum absolute atomic E-state index is 13.3. The molecule has 0 radical (unpaired) electrons. The molecule has 2 heterocycles. The number of alkyl halides is 2. The lowest BCUT2D eigenvalue weighted by atomic mass is 10.0. The van der Waals surface area contributed by atoms with Crippen LogP contribution >= 0.6 is 0 Å². The minimum absolute atomic E-state index is 0.130. The molecule has 0 unspecified atom stereocenters. The van der Waals surface area contributed by atoms with Crippen LogP contribution in [0.4, 0.5) is 20.4 Å². The molecule has 0 bridgehead atoms. The van der Waals surface area contributed by atoms with Gasteiger partial charge in [0.05, 0.1) is 11.3 Å². The summed E-state index contributed by atoms with van der Waals surface area (Å²) in [5.74, 6) is -3.93. The zero-order chi connectivity index (χ0) is 23.2. The lowest BCUT2D eigenvalue weighted by Crippen LogP contribution is -2.17. The number of aryl methyl sites for hydroxylation is 1. The Kier molecular flexibility index (Phi) is 4.88. The number of carbonyl (C=O) groups excluding carboxylic acids is 1. The molecule has 5 rings (SSSR count). The highest BCUT2D eigenvalue weighted by molar-refractivity contribution is 6.06. The first-order chi connectivity index (χ1) is 15.8. The van der Waals surface area contributed by atoms with Crippen LogP contribution < -0.4 is 15.8 Å². The molecule has 0 saturated heterocycles. The van der Waals surface area contributed by atoms with Crippen molar-refractivity contribution in [1.29, 1.82) is 0 Å². The molecule has 1 fully saturated rings. The molecule has 1 amide bonds. The maximum atomic E-state index is 13.3. The molecule has 4 aromatic rings. The van der Waals surface area contributed by atoms with E-state index in [4.69, 9.17) is 10.5 Å². The number of pyridine rings is 1. The molecule has 166 valence electrons. The van der Waals surface area contributed by atoms with E-state index in [1.807, 2.05) is 31.2 Å². The van der Waals surface area contributed by atoms with E-state index >= 15 is 0 Å². The number of ether oxygens (including phenoxy) is 1. The van der Waals surface area contributed by atoms with Crippen LogP contribution in [-0.2, 0) is 4.79 Å². The number of amides is 1. The second-order valence-corrected chi connectivity index (χ2v) is 7.88. The summed E-state index contributed by atoms with van der Waals surface area (Å²) in [4.78, 5) is 24.8. The van der Waals surface area contributed by atoms with E-state index in [-0.39, 0.29) is 5.95 Å². The van der Waals surface area contributed by atoms with Crippen LogP contribution in [0, 0.1) is 12.8 Å². The molecule has 9 heteroatoms. The molecule has 2 aromatic carbocycles. The Morgan fingerprint density at radius 2 is 1.91 bits per heavy atom. The summed E-state index contributed by atoms with van der Waals surface area (Å²) in [6, 6.07) is 14.2. The molecule has 33 heavy (non-hydrogen) atoms. The number of halogens is 2. The first-order valence-electron chi connectivity index (χ1n) is 10.3. The van der Waals surface area contributed by atoms with Gasteiger partial charge in [0.15, 0.2) is 0 Å². The summed E-state index contributed by atoms with van der Waals surface area (Å²) in [7, 11) is 0. The molecule has 0 spiro atoms. The average Bonchev–Trinajstić information content (AvgIpc) is 3.44. The highest BCUT2D eigenvalue weighted by Crippen LogP contribution is 2.49. The number of nitrogens with one attached hydrogen (secondary N) is 1. The number of fused-ring (bicyclic) bond motifs is 1. The third kappa shape index (κ3) is 3.93. The van der Waals surface area contributed by atoms with Gasteiger partial charge in [-0.1, -0.05) is 24.3 Å². The zero-order valence-electron chi connectivity index (χ0n) is 17.5. The van der Waals surface area contributed by atoms with Gasteiger partial charge < -0.3 is 15.8 Å². The number of nitrogens with zero attached hydrogens (tertiary/aromatic N) is 3. The predicted octanol–water partition coefficient (Wildman–Crippen LogP) is 4.97. The van der Waals surface area contributed by atoms with Gasteiger partial charge >= 0.3 is 0 Å². The highest BCUT2D eigenvalue weighted by atomic mass is 19.3. The van der Waals surface area contributed by atoms with Crippen molar-refractivity contribution >= 4 is 28.3 Å². The van der Waals surface area contributed by atoms with Crippen molar-refractivity contribution < 1.29 is 18.3 Å². The van der Waals surface area contributed by atoms with Crippen LogP contribution in [0.1, 0.15) is 12.0 Å². The first kappa shape index (κ1) is 20.7. The van der Waals surface area contributed by atoms with Crippen LogP contribution in [0.2, 0.25) is 0 Å². The van der Waals surface area contributed by atoms with E-state index in [9.17, 15) is 13.6 Å². The second kappa shape index (κ2) is 7.77. The third-order valence-corrected chi connectivity index (χ3v) is 5.53.